The van der Waals surface area contributed by atoms with E-state index in [1.54, 1.807) is 40.8 Å². The highest BCUT2D eigenvalue weighted by Crippen LogP contribution is 2.25. The third kappa shape index (κ3) is 3.50. The van der Waals surface area contributed by atoms with Gasteiger partial charge in [-0.05, 0) is 50.1 Å². The molecule has 0 saturated heterocycles. The molecule has 1 N–H and O–H groups in total. The van der Waals surface area contributed by atoms with Crippen molar-refractivity contribution in [1.82, 2.24) is 19.3 Å². The van der Waals surface area contributed by atoms with Crippen molar-refractivity contribution in [3.63, 3.8) is 0 Å². The van der Waals surface area contributed by atoms with E-state index in [1.807, 2.05) is 44.2 Å². The van der Waals surface area contributed by atoms with Crippen molar-refractivity contribution in [3.8, 4) is 5.69 Å². The Morgan fingerprint density at radius 2 is 1.87 bits per heavy atom. The molecule has 0 bridgehead atoms. The summed E-state index contributed by atoms with van der Waals surface area (Å²) in [5, 5.41) is 8.45. The number of fused-ring (bicyclic) bond motifs is 1. The molecule has 0 aliphatic carbocycles. The van der Waals surface area contributed by atoms with Gasteiger partial charge in [-0.25, -0.2) is 4.68 Å². The molecule has 152 valence electrons. The van der Waals surface area contributed by atoms with Gasteiger partial charge in [0.15, 0.2) is 0 Å². The van der Waals surface area contributed by atoms with Crippen molar-refractivity contribution in [1.29, 1.82) is 0 Å². The second kappa shape index (κ2) is 7.94. The lowest BCUT2D eigenvalue weighted by Crippen LogP contribution is -2.25. The van der Waals surface area contributed by atoms with Gasteiger partial charge in [-0.3, -0.25) is 19.1 Å². The summed E-state index contributed by atoms with van der Waals surface area (Å²) in [4.78, 5) is 29.5. The van der Waals surface area contributed by atoms with Gasteiger partial charge in [-0.1, -0.05) is 18.2 Å². The Morgan fingerprint density at radius 3 is 2.57 bits per heavy atom. The third-order valence-corrected chi connectivity index (χ3v) is 5.29. The third-order valence-electron chi connectivity index (χ3n) is 5.29. The summed E-state index contributed by atoms with van der Waals surface area (Å²) in [5.41, 5.74) is 4.55. The molecule has 0 aliphatic heterocycles. The second-order valence-corrected chi connectivity index (χ2v) is 7.29. The molecule has 1 aromatic carbocycles. The van der Waals surface area contributed by atoms with E-state index < -0.39 is 0 Å². The second-order valence-electron chi connectivity index (χ2n) is 7.29. The lowest BCUT2D eigenvalue weighted by Gasteiger charge is -2.12. The molecule has 4 aromatic rings. The molecule has 0 atom stereocenters. The van der Waals surface area contributed by atoms with Crippen LogP contribution < -0.4 is 10.9 Å². The van der Waals surface area contributed by atoms with Crippen LogP contribution in [-0.2, 0) is 18.3 Å². The molecule has 3 aromatic heterocycles. The van der Waals surface area contributed by atoms with Crippen molar-refractivity contribution in [2.24, 2.45) is 7.05 Å². The van der Waals surface area contributed by atoms with Crippen LogP contribution in [0.2, 0.25) is 0 Å². The zero-order valence-electron chi connectivity index (χ0n) is 17.2. The molecule has 0 radical (unpaired) electrons. The molecule has 30 heavy (non-hydrogen) atoms. The Hall–Kier alpha value is -3.74. The van der Waals surface area contributed by atoms with Crippen molar-refractivity contribution < 1.29 is 4.79 Å². The van der Waals surface area contributed by atoms with Crippen molar-refractivity contribution in [2.75, 3.05) is 5.32 Å². The molecule has 0 fully saturated rings. The van der Waals surface area contributed by atoms with Gasteiger partial charge in [0.1, 0.15) is 5.65 Å². The van der Waals surface area contributed by atoms with Crippen LogP contribution in [0.1, 0.15) is 23.2 Å². The van der Waals surface area contributed by atoms with E-state index in [2.05, 4.69) is 15.4 Å². The minimum atomic E-state index is -0.152. The Morgan fingerprint density at radius 1 is 1.10 bits per heavy atom. The maximum absolute atomic E-state index is 13.1. The van der Waals surface area contributed by atoms with Crippen molar-refractivity contribution in [2.45, 2.75) is 26.7 Å². The molecule has 3 heterocycles. The first-order valence-electron chi connectivity index (χ1n) is 9.80. The van der Waals surface area contributed by atoms with Crippen LogP contribution in [0, 0.1) is 13.8 Å². The van der Waals surface area contributed by atoms with E-state index >= 15 is 0 Å². The zero-order chi connectivity index (χ0) is 21.3. The fourth-order valence-corrected chi connectivity index (χ4v) is 3.82. The van der Waals surface area contributed by atoms with E-state index in [4.69, 9.17) is 0 Å². The Bertz CT molecular complexity index is 1270. The lowest BCUT2D eigenvalue weighted by molar-refractivity contribution is -0.116. The molecule has 4 rings (SSSR count). The molecule has 1 amide bonds. The van der Waals surface area contributed by atoms with Crippen molar-refractivity contribution >= 4 is 22.6 Å². The molecule has 0 unspecified atom stereocenters. The fraction of sp³-hybridized carbons (Fsp3) is 0.217. The molecule has 7 heteroatoms. The molecule has 7 nitrogen and oxygen atoms in total. The summed E-state index contributed by atoms with van der Waals surface area (Å²) in [7, 11) is 1.75. The Balaban J connectivity index is 1.69. The van der Waals surface area contributed by atoms with E-state index in [0.717, 1.165) is 28.0 Å². The minimum absolute atomic E-state index is 0.105. The number of hydrogen-bond donors (Lipinski definition) is 1. The predicted molar refractivity (Wildman–Crippen MR) is 117 cm³/mol. The van der Waals surface area contributed by atoms with E-state index in [-0.39, 0.29) is 17.9 Å². The average Bonchev–Trinajstić information content (AvgIpc) is 3.11. The predicted octanol–water partition coefficient (Wildman–Crippen LogP) is 3.31. The van der Waals surface area contributed by atoms with Gasteiger partial charge < -0.3 is 5.32 Å². The Kier molecular flexibility index (Phi) is 5.18. The molecule has 0 saturated carbocycles. The number of carbonyl (C=O) groups is 1. The summed E-state index contributed by atoms with van der Waals surface area (Å²) in [6, 6.07) is 13.3. The summed E-state index contributed by atoms with van der Waals surface area (Å²) in [6.45, 7) is 3.88. The van der Waals surface area contributed by atoms with Crippen LogP contribution in [0.15, 0.2) is 59.7 Å². The molecular weight excluding hydrogens is 378 g/mol. The van der Waals surface area contributed by atoms with Crippen LogP contribution in [-0.4, -0.2) is 25.2 Å². The van der Waals surface area contributed by atoms with Gasteiger partial charge in [-0.2, -0.15) is 5.10 Å². The highest BCUT2D eigenvalue weighted by Gasteiger charge is 2.20. The maximum Gasteiger partial charge on any atom is 0.255 e. The SMILES string of the molecule is Cc1nn(-c2ccccc2)c2c1c(C)c(CCC(=O)Nc1cccnc1)c(=O)n2C. The quantitative estimate of drug-likeness (QED) is 0.556. The Labute approximate surface area is 174 Å². The molecule has 0 spiro atoms. The number of rotatable bonds is 5. The summed E-state index contributed by atoms with van der Waals surface area (Å²) >= 11 is 0. The standard InChI is InChI=1S/C23H23N5O2/c1-15-19(11-12-20(29)25-17-8-7-13-24-14-17)23(30)27(3)22-21(15)16(2)26-28(22)18-9-5-4-6-10-18/h4-10,13-14H,11-12H2,1-3H3,(H,25,29). The number of anilines is 1. The van der Waals surface area contributed by atoms with Crippen LogP contribution in [0.4, 0.5) is 5.69 Å². The van der Waals surface area contributed by atoms with Gasteiger partial charge in [-0.15, -0.1) is 0 Å². The number of amides is 1. The first-order valence-corrected chi connectivity index (χ1v) is 9.80. The minimum Gasteiger partial charge on any atom is -0.325 e. The monoisotopic (exact) mass is 401 g/mol. The van der Waals surface area contributed by atoms with Gasteiger partial charge in [0.2, 0.25) is 5.91 Å². The molecule has 0 aliphatic rings. The van der Waals surface area contributed by atoms with Crippen LogP contribution in [0.25, 0.3) is 16.7 Å². The van der Waals surface area contributed by atoms with Crippen LogP contribution in [0.5, 0.6) is 0 Å². The number of aryl methyl sites for hydroxylation is 3. The number of para-hydroxylation sites is 1. The van der Waals surface area contributed by atoms with Gasteiger partial charge in [0, 0.05) is 30.6 Å². The van der Waals surface area contributed by atoms with Crippen LogP contribution in [0.3, 0.4) is 0 Å². The normalized spacial score (nSPS) is 11.0. The number of aromatic nitrogens is 4. The number of nitrogens with zero attached hydrogens (tertiary/aromatic N) is 4. The number of pyridine rings is 2. The number of benzene rings is 1. The number of hydrogen-bond acceptors (Lipinski definition) is 4. The number of nitrogens with one attached hydrogen (secondary N) is 1. The smallest absolute Gasteiger partial charge is 0.255 e. The number of carbonyl (C=O) groups excluding carboxylic acids is 1. The average molecular weight is 401 g/mol. The largest absolute Gasteiger partial charge is 0.325 e. The highest BCUT2D eigenvalue weighted by atomic mass is 16.1. The maximum atomic E-state index is 13.1. The topological polar surface area (TPSA) is 81.8 Å². The summed E-state index contributed by atoms with van der Waals surface area (Å²) in [6.07, 6.45) is 3.81. The van der Waals surface area contributed by atoms with Gasteiger partial charge in [0.25, 0.3) is 5.56 Å². The van der Waals surface area contributed by atoms with E-state index in [1.165, 1.54) is 0 Å². The first kappa shape index (κ1) is 19.6. The zero-order valence-corrected chi connectivity index (χ0v) is 17.2. The van der Waals surface area contributed by atoms with Crippen molar-refractivity contribution in [3.05, 3.63) is 82.0 Å². The first-order chi connectivity index (χ1) is 14.5. The van der Waals surface area contributed by atoms with Gasteiger partial charge >= 0.3 is 0 Å². The molecular formula is C23H23N5O2. The highest BCUT2D eigenvalue weighted by molar-refractivity contribution is 5.91. The fourth-order valence-electron chi connectivity index (χ4n) is 3.82. The summed E-state index contributed by atoms with van der Waals surface area (Å²) < 4.78 is 3.43. The van der Waals surface area contributed by atoms with Crippen LogP contribution >= 0.6 is 0 Å². The van der Waals surface area contributed by atoms with E-state index in [9.17, 15) is 9.59 Å². The summed E-state index contributed by atoms with van der Waals surface area (Å²) in [5.74, 6) is -0.152. The van der Waals surface area contributed by atoms with E-state index in [0.29, 0.717) is 17.7 Å². The lowest BCUT2D eigenvalue weighted by atomic mass is 10.0. The van der Waals surface area contributed by atoms with Gasteiger partial charge in [0.05, 0.1) is 23.3 Å².